The Bertz CT molecular complexity index is 1050. The van der Waals surface area contributed by atoms with Crippen LogP contribution in [0.4, 0.5) is 13.2 Å². The van der Waals surface area contributed by atoms with Gasteiger partial charge in [-0.3, -0.25) is 4.79 Å². The van der Waals surface area contributed by atoms with E-state index in [1.807, 2.05) is 0 Å². The van der Waals surface area contributed by atoms with E-state index in [4.69, 9.17) is 16.0 Å². The topological polar surface area (TPSA) is 54.6 Å². The first-order valence-corrected chi connectivity index (χ1v) is 9.25. The van der Waals surface area contributed by atoms with Crippen LogP contribution in [0.5, 0.6) is 0 Å². The lowest BCUT2D eigenvalue weighted by Crippen LogP contribution is -2.18. The van der Waals surface area contributed by atoms with Gasteiger partial charge in [0.1, 0.15) is 11.5 Å². The fourth-order valence-corrected chi connectivity index (χ4v) is 3.01. The van der Waals surface area contributed by atoms with Gasteiger partial charge in [-0.15, -0.1) is 0 Å². The average molecular weight is 519 g/mol. The van der Waals surface area contributed by atoms with Crippen molar-refractivity contribution in [3.63, 3.8) is 0 Å². The molecule has 1 N–H and O–H groups in total. The molecule has 0 aliphatic carbocycles. The Morgan fingerprint density at radius 1 is 1.14 bits per heavy atom. The highest BCUT2D eigenvalue weighted by Gasteiger charge is 2.30. The summed E-state index contributed by atoms with van der Waals surface area (Å²) in [6, 6.07) is 12.8. The smallest absolute Gasteiger partial charge is 0.416 e. The lowest BCUT2D eigenvalue weighted by Gasteiger charge is -2.07. The second-order valence-corrected chi connectivity index (χ2v) is 7.26. The summed E-state index contributed by atoms with van der Waals surface area (Å²) in [5, 5.41) is 4.08. The van der Waals surface area contributed by atoms with Crippen LogP contribution >= 0.6 is 34.2 Å². The molecule has 0 aliphatic heterocycles. The zero-order valence-corrected chi connectivity index (χ0v) is 16.8. The summed E-state index contributed by atoms with van der Waals surface area (Å²) in [7, 11) is 0. The normalized spacial score (nSPS) is 11.8. The van der Waals surface area contributed by atoms with Crippen LogP contribution in [-0.4, -0.2) is 12.1 Å². The van der Waals surface area contributed by atoms with Gasteiger partial charge in [0.05, 0.1) is 22.4 Å². The van der Waals surface area contributed by atoms with Gasteiger partial charge < -0.3 is 4.42 Å². The van der Waals surface area contributed by atoms with Gasteiger partial charge in [-0.2, -0.15) is 18.3 Å². The van der Waals surface area contributed by atoms with E-state index in [0.29, 0.717) is 0 Å². The molecule has 0 unspecified atom stereocenters. The van der Waals surface area contributed by atoms with Gasteiger partial charge in [0.25, 0.3) is 5.91 Å². The van der Waals surface area contributed by atoms with Crippen molar-refractivity contribution < 1.29 is 22.4 Å². The SMILES string of the molecule is O=C(NN=Cc1ccc(-c2cccc(C(F)(F)F)c2)o1)c1cc(I)ccc1Cl. The van der Waals surface area contributed by atoms with Crippen LogP contribution in [-0.2, 0) is 6.18 Å². The minimum Gasteiger partial charge on any atom is -0.455 e. The summed E-state index contributed by atoms with van der Waals surface area (Å²) in [4.78, 5) is 12.1. The number of hydrogen-bond donors (Lipinski definition) is 1. The summed E-state index contributed by atoms with van der Waals surface area (Å²) in [6.07, 6.45) is -3.19. The van der Waals surface area contributed by atoms with Crippen LogP contribution in [0.3, 0.4) is 0 Å². The number of amides is 1. The van der Waals surface area contributed by atoms with Crippen molar-refractivity contribution in [2.75, 3.05) is 0 Å². The molecule has 0 aliphatic rings. The Morgan fingerprint density at radius 3 is 2.68 bits per heavy atom. The van der Waals surface area contributed by atoms with Crippen LogP contribution in [0.15, 0.2) is 64.1 Å². The maximum Gasteiger partial charge on any atom is 0.416 e. The largest absolute Gasteiger partial charge is 0.455 e. The van der Waals surface area contributed by atoms with Crippen molar-refractivity contribution in [3.8, 4) is 11.3 Å². The number of furan rings is 1. The van der Waals surface area contributed by atoms with Crippen LogP contribution < -0.4 is 5.43 Å². The highest BCUT2D eigenvalue weighted by Crippen LogP contribution is 2.32. The van der Waals surface area contributed by atoms with Gasteiger partial charge in [-0.1, -0.05) is 23.7 Å². The number of alkyl halides is 3. The van der Waals surface area contributed by atoms with E-state index in [0.717, 1.165) is 15.7 Å². The van der Waals surface area contributed by atoms with E-state index in [1.54, 1.807) is 18.2 Å². The molecule has 0 radical (unpaired) electrons. The molecule has 0 bridgehead atoms. The van der Waals surface area contributed by atoms with Gasteiger partial charge in [-0.25, -0.2) is 5.43 Å². The quantitative estimate of drug-likeness (QED) is 0.262. The van der Waals surface area contributed by atoms with Crippen LogP contribution in [0.1, 0.15) is 21.7 Å². The zero-order valence-electron chi connectivity index (χ0n) is 13.9. The number of carbonyl (C=O) groups excluding carboxylic acids is 1. The number of nitrogens with zero attached hydrogens (tertiary/aromatic N) is 1. The third-order valence-corrected chi connectivity index (χ3v) is 4.63. The molecule has 1 aromatic heterocycles. The molecule has 1 amide bonds. The summed E-state index contributed by atoms with van der Waals surface area (Å²) in [6.45, 7) is 0. The number of hydrazone groups is 1. The van der Waals surface area contributed by atoms with Crippen molar-refractivity contribution >= 4 is 46.3 Å². The van der Waals surface area contributed by atoms with Gasteiger partial charge >= 0.3 is 6.18 Å². The van der Waals surface area contributed by atoms with Gasteiger partial charge in [0.2, 0.25) is 0 Å². The first-order valence-electron chi connectivity index (χ1n) is 7.80. The second kappa shape index (κ2) is 8.36. The molecule has 3 rings (SSSR count). The fourth-order valence-electron chi connectivity index (χ4n) is 2.31. The number of carbonyl (C=O) groups is 1. The number of halogens is 5. The van der Waals surface area contributed by atoms with Gasteiger partial charge in [0, 0.05) is 9.13 Å². The molecular weight excluding hydrogens is 508 g/mol. The van der Waals surface area contributed by atoms with Crippen molar-refractivity contribution in [1.29, 1.82) is 0 Å². The van der Waals surface area contributed by atoms with E-state index in [-0.39, 0.29) is 27.7 Å². The molecule has 0 saturated heterocycles. The standard InChI is InChI=1S/C19H11ClF3IN2O2/c20-16-6-4-13(24)9-15(16)18(27)26-25-10-14-5-7-17(28-14)11-2-1-3-12(8-11)19(21,22)23/h1-10H,(H,26,27). The van der Waals surface area contributed by atoms with Crippen LogP contribution in [0.25, 0.3) is 11.3 Å². The summed E-state index contributed by atoms with van der Waals surface area (Å²) >= 11 is 8.04. The van der Waals surface area contributed by atoms with Crippen molar-refractivity contribution in [2.45, 2.75) is 6.18 Å². The second-order valence-electron chi connectivity index (χ2n) is 5.60. The lowest BCUT2D eigenvalue weighted by molar-refractivity contribution is -0.137. The number of nitrogens with one attached hydrogen (secondary N) is 1. The Hall–Kier alpha value is -2.33. The molecule has 4 nitrogen and oxygen atoms in total. The van der Waals surface area contributed by atoms with E-state index >= 15 is 0 Å². The zero-order chi connectivity index (χ0) is 20.3. The third-order valence-electron chi connectivity index (χ3n) is 3.63. The van der Waals surface area contributed by atoms with Crippen molar-refractivity contribution in [2.24, 2.45) is 5.10 Å². The minimum atomic E-state index is -4.44. The molecule has 144 valence electrons. The van der Waals surface area contributed by atoms with Gasteiger partial charge in [0.15, 0.2) is 0 Å². The number of rotatable bonds is 4. The van der Waals surface area contributed by atoms with Crippen LogP contribution in [0, 0.1) is 3.57 Å². The molecule has 0 saturated carbocycles. The minimum absolute atomic E-state index is 0.250. The van der Waals surface area contributed by atoms with Crippen LogP contribution in [0.2, 0.25) is 5.02 Å². The first-order chi connectivity index (χ1) is 13.2. The first kappa shape index (κ1) is 20.4. The highest BCUT2D eigenvalue weighted by atomic mass is 127. The molecule has 2 aromatic carbocycles. The maximum atomic E-state index is 12.8. The summed E-state index contributed by atoms with van der Waals surface area (Å²) < 4.78 is 44.8. The van der Waals surface area contributed by atoms with E-state index in [1.165, 1.54) is 30.5 Å². The molecule has 28 heavy (non-hydrogen) atoms. The Labute approximate surface area is 176 Å². The molecule has 9 heteroatoms. The number of hydrogen-bond acceptors (Lipinski definition) is 3. The lowest BCUT2D eigenvalue weighted by atomic mass is 10.1. The summed E-state index contributed by atoms with van der Waals surface area (Å²) in [5.74, 6) is 0.0189. The molecule has 0 spiro atoms. The van der Waals surface area contributed by atoms with E-state index < -0.39 is 17.6 Å². The van der Waals surface area contributed by atoms with Crippen molar-refractivity contribution in [1.82, 2.24) is 5.43 Å². The molecule has 0 atom stereocenters. The van der Waals surface area contributed by atoms with E-state index in [2.05, 4.69) is 33.1 Å². The molecule has 1 heterocycles. The predicted molar refractivity (Wildman–Crippen MR) is 108 cm³/mol. The van der Waals surface area contributed by atoms with Gasteiger partial charge in [-0.05, 0) is 65.1 Å². The van der Waals surface area contributed by atoms with E-state index in [9.17, 15) is 18.0 Å². The average Bonchev–Trinajstić information content (AvgIpc) is 3.12. The fraction of sp³-hybridized carbons (Fsp3) is 0.0526. The molecular formula is C19H11ClF3IN2O2. The maximum absolute atomic E-state index is 12.8. The molecule has 3 aromatic rings. The molecule has 0 fully saturated rings. The Balaban J connectivity index is 1.71. The monoisotopic (exact) mass is 518 g/mol. The summed E-state index contributed by atoms with van der Waals surface area (Å²) in [5.41, 5.74) is 2.12. The number of benzene rings is 2. The Morgan fingerprint density at radius 2 is 1.93 bits per heavy atom. The predicted octanol–water partition coefficient (Wildman–Crippen LogP) is 5.99. The Kier molecular flexibility index (Phi) is 6.09. The van der Waals surface area contributed by atoms with Crippen molar-refractivity contribution in [3.05, 3.63) is 80.1 Å². The third kappa shape index (κ3) is 4.93. The highest BCUT2D eigenvalue weighted by molar-refractivity contribution is 14.1.